The molecule has 92 valence electrons. The van der Waals surface area contributed by atoms with E-state index in [0.717, 1.165) is 12.1 Å². The SMILES string of the molecule is Cl.N[C@@H](c1cccs1)c1c(F)ccc(F)c1O. The maximum atomic E-state index is 13.5. The molecule has 0 saturated heterocycles. The van der Waals surface area contributed by atoms with Gasteiger partial charge in [0, 0.05) is 4.88 Å². The van der Waals surface area contributed by atoms with Crippen LogP contribution in [0.3, 0.4) is 0 Å². The van der Waals surface area contributed by atoms with E-state index in [1.54, 1.807) is 17.5 Å². The van der Waals surface area contributed by atoms with Crippen LogP contribution in [0, 0.1) is 11.6 Å². The first-order valence-corrected chi connectivity index (χ1v) is 5.45. The Hall–Kier alpha value is -1.17. The van der Waals surface area contributed by atoms with Gasteiger partial charge in [-0.25, -0.2) is 8.78 Å². The molecule has 1 aromatic heterocycles. The molecule has 0 aliphatic heterocycles. The summed E-state index contributed by atoms with van der Waals surface area (Å²) in [4.78, 5) is 0.666. The van der Waals surface area contributed by atoms with Crippen molar-refractivity contribution in [2.24, 2.45) is 5.73 Å². The van der Waals surface area contributed by atoms with Crippen molar-refractivity contribution in [2.45, 2.75) is 6.04 Å². The molecule has 3 N–H and O–H groups in total. The van der Waals surface area contributed by atoms with Gasteiger partial charge in [-0.3, -0.25) is 0 Å². The van der Waals surface area contributed by atoms with Gasteiger partial charge in [0.25, 0.3) is 0 Å². The second-order valence-electron chi connectivity index (χ2n) is 3.28. The highest BCUT2D eigenvalue weighted by Crippen LogP contribution is 2.33. The summed E-state index contributed by atoms with van der Waals surface area (Å²) in [6, 6.07) is 4.44. The minimum Gasteiger partial charge on any atom is -0.505 e. The van der Waals surface area contributed by atoms with Gasteiger partial charge >= 0.3 is 0 Å². The van der Waals surface area contributed by atoms with E-state index in [1.807, 2.05) is 0 Å². The first kappa shape index (κ1) is 13.9. The van der Waals surface area contributed by atoms with Crippen LogP contribution in [0.2, 0.25) is 0 Å². The summed E-state index contributed by atoms with van der Waals surface area (Å²) in [6.07, 6.45) is 0. The molecule has 0 aliphatic rings. The number of aromatic hydroxyl groups is 1. The summed E-state index contributed by atoms with van der Waals surface area (Å²) in [5, 5.41) is 11.2. The Morgan fingerprint density at radius 1 is 1.18 bits per heavy atom. The number of hydrogen-bond donors (Lipinski definition) is 2. The molecular formula is C11H10ClF2NOS. The maximum Gasteiger partial charge on any atom is 0.165 e. The van der Waals surface area contributed by atoms with Gasteiger partial charge in [0.05, 0.1) is 11.6 Å². The van der Waals surface area contributed by atoms with Crippen LogP contribution in [0.15, 0.2) is 29.6 Å². The van der Waals surface area contributed by atoms with Crippen LogP contribution >= 0.6 is 23.7 Å². The van der Waals surface area contributed by atoms with E-state index in [2.05, 4.69) is 0 Å². The van der Waals surface area contributed by atoms with Crippen LogP contribution in [0.4, 0.5) is 8.78 Å². The van der Waals surface area contributed by atoms with Crippen LogP contribution in [-0.4, -0.2) is 5.11 Å². The largest absolute Gasteiger partial charge is 0.505 e. The lowest BCUT2D eigenvalue weighted by atomic mass is 10.0. The van der Waals surface area contributed by atoms with Crippen molar-refractivity contribution >= 4 is 23.7 Å². The minimum atomic E-state index is -0.872. The number of hydrogen-bond acceptors (Lipinski definition) is 3. The summed E-state index contributed by atoms with van der Waals surface area (Å²) in [6.45, 7) is 0. The molecule has 17 heavy (non-hydrogen) atoms. The second-order valence-corrected chi connectivity index (χ2v) is 4.26. The highest BCUT2D eigenvalue weighted by molar-refractivity contribution is 7.10. The topological polar surface area (TPSA) is 46.2 Å². The first-order valence-electron chi connectivity index (χ1n) is 4.57. The van der Waals surface area contributed by atoms with Gasteiger partial charge < -0.3 is 10.8 Å². The molecule has 6 heteroatoms. The fourth-order valence-corrected chi connectivity index (χ4v) is 2.20. The van der Waals surface area contributed by atoms with Gasteiger partial charge in [0.2, 0.25) is 0 Å². The number of phenolic OH excluding ortho intramolecular Hbond substituents is 1. The fraction of sp³-hybridized carbons (Fsp3) is 0.0909. The van der Waals surface area contributed by atoms with E-state index in [0.29, 0.717) is 4.88 Å². The van der Waals surface area contributed by atoms with Crippen LogP contribution in [0.1, 0.15) is 16.5 Å². The van der Waals surface area contributed by atoms with Gasteiger partial charge in [0.15, 0.2) is 11.6 Å². The Balaban J connectivity index is 0.00000144. The molecule has 0 bridgehead atoms. The molecule has 0 saturated carbocycles. The van der Waals surface area contributed by atoms with E-state index in [9.17, 15) is 13.9 Å². The predicted octanol–water partition coefficient (Wildman–Crippen LogP) is 3.20. The standard InChI is InChI=1S/C11H9F2NOS.ClH/c12-6-3-4-7(13)11(15)9(6)10(14)8-2-1-5-16-8;/h1-5,10,15H,14H2;1H/t10-;/m0./s1. The summed E-state index contributed by atoms with van der Waals surface area (Å²) >= 11 is 1.32. The Morgan fingerprint density at radius 3 is 2.41 bits per heavy atom. The van der Waals surface area contributed by atoms with Crippen LogP contribution in [0.25, 0.3) is 0 Å². The Labute approximate surface area is 107 Å². The van der Waals surface area contributed by atoms with E-state index in [4.69, 9.17) is 5.73 Å². The molecule has 1 aromatic carbocycles. The number of phenols is 1. The van der Waals surface area contributed by atoms with E-state index < -0.39 is 23.4 Å². The zero-order valence-corrected chi connectivity index (χ0v) is 10.2. The van der Waals surface area contributed by atoms with Crippen molar-refractivity contribution in [3.05, 3.63) is 51.7 Å². The average Bonchev–Trinajstić information content (AvgIpc) is 2.77. The van der Waals surface area contributed by atoms with Crippen LogP contribution in [-0.2, 0) is 0 Å². The van der Waals surface area contributed by atoms with Gasteiger partial charge in [-0.2, -0.15) is 0 Å². The smallest absolute Gasteiger partial charge is 0.165 e. The van der Waals surface area contributed by atoms with E-state index >= 15 is 0 Å². The molecule has 2 nitrogen and oxygen atoms in total. The van der Waals surface area contributed by atoms with E-state index in [-0.39, 0.29) is 18.0 Å². The molecule has 1 heterocycles. The lowest BCUT2D eigenvalue weighted by Crippen LogP contribution is -2.13. The molecule has 0 radical (unpaired) electrons. The van der Waals surface area contributed by atoms with Crippen LogP contribution < -0.4 is 5.73 Å². The number of nitrogens with two attached hydrogens (primary N) is 1. The highest BCUT2D eigenvalue weighted by atomic mass is 35.5. The summed E-state index contributed by atoms with van der Waals surface area (Å²) in [7, 11) is 0. The third kappa shape index (κ3) is 2.57. The van der Waals surface area contributed by atoms with Gasteiger partial charge in [0.1, 0.15) is 5.82 Å². The lowest BCUT2D eigenvalue weighted by Gasteiger charge is -2.13. The normalized spacial score (nSPS) is 11.9. The molecule has 2 aromatic rings. The maximum absolute atomic E-state index is 13.5. The minimum absolute atomic E-state index is 0. The number of rotatable bonds is 2. The average molecular weight is 278 g/mol. The summed E-state index contributed by atoms with van der Waals surface area (Å²) in [5.41, 5.74) is 5.57. The zero-order chi connectivity index (χ0) is 11.7. The zero-order valence-electron chi connectivity index (χ0n) is 8.56. The molecule has 1 atom stereocenters. The predicted molar refractivity (Wildman–Crippen MR) is 65.6 cm³/mol. The number of halogens is 3. The van der Waals surface area contributed by atoms with Gasteiger partial charge in [-0.05, 0) is 23.6 Å². The Kier molecular flexibility index (Phi) is 4.45. The summed E-state index contributed by atoms with van der Waals surface area (Å²) in [5.74, 6) is -2.30. The Morgan fingerprint density at radius 2 is 1.82 bits per heavy atom. The molecular weight excluding hydrogens is 268 g/mol. The number of benzene rings is 1. The fourth-order valence-electron chi connectivity index (χ4n) is 1.46. The Bertz CT molecular complexity index is 504. The molecule has 0 aliphatic carbocycles. The third-order valence-electron chi connectivity index (χ3n) is 2.28. The lowest BCUT2D eigenvalue weighted by molar-refractivity contribution is 0.414. The molecule has 2 rings (SSSR count). The second kappa shape index (κ2) is 5.44. The molecule has 0 fully saturated rings. The van der Waals surface area contributed by atoms with Gasteiger partial charge in [-0.15, -0.1) is 23.7 Å². The molecule has 0 unspecified atom stereocenters. The first-order chi connectivity index (χ1) is 7.61. The third-order valence-corrected chi connectivity index (χ3v) is 3.23. The van der Waals surface area contributed by atoms with Gasteiger partial charge in [-0.1, -0.05) is 6.07 Å². The van der Waals surface area contributed by atoms with Crippen molar-refractivity contribution in [3.8, 4) is 5.75 Å². The molecule has 0 spiro atoms. The van der Waals surface area contributed by atoms with Crippen LogP contribution in [0.5, 0.6) is 5.75 Å². The monoisotopic (exact) mass is 277 g/mol. The van der Waals surface area contributed by atoms with Crippen molar-refractivity contribution in [2.75, 3.05) is 0 Å². The number of thiophene rings is 1. The van der Waals surface area contributed by atoms with Crippen molar-refractivity contribution in [3.63, 3.8) is 0 Å². The van der Waals surface area contributed by atoms with Crippen molar-refractivity contribution < 1.29 is 13.9 Å². The molecule has 0 amide bonds. The van der Waals surface area contributed by atoms with Crippen molar-refractivity contribution in [1.29, 1.82) is 0 Å². The highest BCUT2D eigenvalue weighted by Gasteiger charge is 2.21. The summed E-state index contributed by atoms with van der Waals surface area (Å²) < 4.78 is 26.6. The van der Waals surface area contributed by atoms with Crippen molar-refractivity contribution in [1.82, 2.24) is 0 Å². The van der Waals surface area contributed by atoms with E-state index in [1.165, 1.54) is 11.3 Å². The quantitative estimate of drug-likeness (QED) is 0.885.